The van der Waals surface area contributed by atoms with E-state index in [2.05, 4.69) is 24.4 Å². The van der Waals surface area contributed by atoms with Crippen LogP contribution in [0.1, 0.15) is 30.9 Å². The first kappa shape index (κ1) is 17.0. The maximum atomic E-state index is 11.7. The maximum absolute atomic E-state index is 11.7. The van der Waals surface area contributed by atoms with Crippen molar-refractivity contribution in [3.63, 3.8) is 0 Å². The molecule has 120 valence electrons. The Hall–Kier alpha value is -2.33. The Kier molecular flexibility index (Phi) is 6.18. The standard InChI is InChI=1S/C18H19ClN2O2/c1-13(2)15-9-7-14(8-10-15)11-20-21-18(22)12-23-17-6-4-3-5-16(17)19/h3-11,13H,12H2,1-2H3,(H,21,22)/b20-11-. The van der Waals surface area contributed by atoms with Crippen LogP contribution in [0, 0.1) is 0 Å². The zero-order valence-electron chi connectivity index (χ0n) is 13.1. The molecule has 0 aliphatic heterocycles. The molecule has 4 nitrogen and oxygen atoms in total. The molecule has 0 aromatic heterocycles. The monoisotopic (exact) mass is 330 g/mol. The Morgan fingerprint density at radius 2 is 1.91 bits per heavy atom. The average molecular weight is 331 g/mol. The number of nitrogens with one attached hydrogen (secondary N) is 1. The summed E-state index contributed by atoms with van der Waals surface area (Å²) >= 11 is 5.94. The van der Waals surface area contributed by atoms with E-state index in [0.29, 0.717) is 16.7 Å². The Labute approximate surface area is 141 Å². The van der Waals surface area contributed by atoms with Gasteiger partial charge in [-0.25, -0.2) is 5.43 Å². The van der Waals surface area contributed by atoms with Gasteiger partial charge < -0.3 is 4.74 Å². The van der Waals surface area contributed by atoms with Crippen LogP contribution in [0.5, 0.6) is 5.75 Å². The van der Waals surface area contributed by atoms with Crippen molar-refractivity contribution in [3.8, 4) is 5.75 Å². The van der Waals surface area contributed by atoms with Crippen molar-refractivity contribution in [2.24, 2.45) is 5.10 Å². The van der Waals surface area contributed by atoms with Crippen LogP contribution < -0.4 is 10.2 Å². The average Bonchev–Trinajstić information content (AvgIpc) is 2.54. The first-order chi connectivity index (χ1) is 11.1. The van der Waals surface area contributed by atoms with Gasteiger partial charge in [-0.1, -0.05) is 61.8 Å². The van der Waals surface area contributed by atoms with Crippen LogP contribution in [0.4, 0.5) is 0 Å². The van der Waals surface area contributed by atoms with Crippen LogP contribution in [0.3, 0.4) is 0 Å². The van der Waals surface area contributed by atoms with Gasteiger partial charge in [0.25, 0.3) is 5.91 Å². The number of carbonyl (C=O) groups is 1. The van der Waals surface area contributed by atoms with Crippen LogP contribution in [-0.4, -0.2) is 18.7 Å². The zero-order valence-corrected chi connectivity index (χ0v) is 13.9. The van der Waals surface area contributed by atoms with E-state index in [9.17, 15) is 4.79 Å². The summed E-state index contributed by atoms with van der Waals surface area (Å²) in [6, 6.07) is 15.0. The van der Waals surface area contributed by atoms with Crippen LogP contribution in [0.15, 0.2) is 53.6 Å². The van der Waals surface area contributed by atoms with Gasteiger partial charge in [-0.2, -0.15) is 5.10 Å². The second-order valence-electron chi connectivity index (χ2n) is 5.33. The maximum Gasteiger partial charge on any atom is 0.277 e. The van der Waals surface area contributed by atoms with Gasteiger partial charge in [0.15, 0.2) is 6.61 Å². The number of rotatable bonds is 6. The minimum absolute atomic E-state index is 0.145. The topological polar surface area (TPSA) is 50.7 Å². The molecular formula is C18H19ClN2O2. The predicted molar refractivity (Wildman–Crippen MR) is 93.2 cm³/mol. The normalized spacial score (nSPS) is 11.0. The van der Waals surface area contributed by atoms with Gasteiger partial charge in [0.1, 0.15) is 5.75 Å². The highest BCUT2D eigenvalue weighted by molar-refractivity contribution is 6.32. The summed E-state index contributed by atoms with van der Waals surface area (Å²) in [5, 5.41) is 4.38. The summed E-state index contributed by atoms with van der Waals surface area (Å²) in [5.41, 5.74) is 4.60. The number of nitrogens with zero attached hydrogens (tertiary/aromatic N) is 1. The van der Waals surface area contributed by atoms with E-state index >= 15 is 0 Å². The minimum Gasteiger partial charge on any atom is -0.482 e. The fraction of sp³-hybridized carbons (Fsp3) is 0.222. The molecule has 2 rings (SSSR count). The first-order valence-electron chi connectivity index (χ1n) is 7.35. The van der Waals surface area contributed by atoms with Gasteiger partial charge in [0, 0.05) is 0 Å². The summed E-state index contributed by atoms with van der Waals surface area (Å²) in [7, 11) is 0. The number of hydrogen-bond donors (Lipinski definition) is 1. The van der Waals surface area contributed by atoms with Crippen LogP contribution in [0.2, 0.25) is 5.02 Å². The van der Waals surface area contributed by atoms with E-state index < -0.39 is 0 Å². The first-order valence-corrected chi connectivity index (χ1v) is 7.73. The molecule has 5 heteroatoms. The number of hydrazone groups is 1. The highest BCUT2D eigenvalue weighted by atomic mass is 35.5. The third-order valence-electron chi connectivity index (χ3n) is 3.20. The van der Waals surface area contributed by atoms with E-state index in [0.717, 1.165) is 5.56 Å². The molecule has 2 aromatic rings. The highest BCUT2D eigenvalue weighted by Crippen LogP contribution is 2.22. The van der Waals surface area contributed by atoms with Crippen LogP contribution in [0.25, 0.3) is 0 Å². The molecule has 0 atom stereocenters. The van der Waals surface area contributed by atoms with Crippen molar-refractivity contribution in [2.75, 3.05) is 6.61 Å². The summed E-state index contributed by atoms with van der Waals surface area (Å²) in [4.78, 5) is 11.7. The summed E-state index contributed by atoms with van der Waals surface area (Å²) in [6.07, 6.45) is 1.59. The Morgan fingerprint density at radius 3 is 2.57 bits per heavy atom. The number of ether oxygens (including phenoxy) is 1. The van der Waals surface area contributed by atoms with Gasteiger partial charge in [-0.15, -0.1) is 0 Å². The molecule has 0 aliphatic carbocycles. The minimum atomic E-state index is -0.347. The fourth-order valence-corrected chi connectivity index (χ4v) is 2.07. The quantitative estimate of drug-likeness (QED) is 0.643. The van der Waals surface area contributed by atoms with E-state index in [4.69, 9.17) is 16.3 Å². The Balaban J connectivity index is 1.80. The molecule has 23 heavy (non-hydrogen) atoms. The lowest BCUT2D eigenvalue weighted by atomic mass is 10.0. The second kappa shape index (κ2) is 8.34. The molecule has 0 saturated heterocycles. The van der Waals surface area contributed by atoms with Crippen molar-refractivity contribution in [1.29, 1.82) is 0 Å². The lowest BCUT2D eigenvalue weighted by Gasteiger charge is -2.06. The fourth-order valence-electron chi connectivity index (χ4n) is 1.88. The third-order valence-corrected chi connectivity index (χ3v) is 3.51. The molecule has 0 saturated carbocycles. The Bertz CT molecular complexity index is 682. The van der Waals surface area contributed by atoms with Crippen LogP contribution in [-0.2, 0) is 4.79 Å². The second-order valence-corrected chi connectivity index (χ2v) is 5.74. The summed E-state index contributed by atoms with van der Waals surface area (Å²) < 4.78 is 5.33. The van der Waals surface area contributed by atoms with Crippen molar-refractivity contribution in [2.45, 2.75) is 19.8 Å². The number of benzene rings is 2. The molecule has 0 radical (unpaired) electrons. The molecule has 0 spiro atoms. The van der Waals surface area contributed by atoms with Gasteiger partial charge in [0.05, 0.1) is 11.2 Å². The molecule has 1 N–H and O–H groups in total. The molecule has 0 unspecified atom stereocenters. The molecule has 1 amide bonds. The number of para-hydroxylation sites is 1. The molecule has 0 bridgehead atoms. The van der Waals surface area contributed by atoms with Gasteiger partial charge in [-0.3, -0.25) is 4.79 Å². The predicted octanol–water partition coefficient (Wildman–Crippen LogP) is 3.99. The molecular weight excluding hydrogens is 312 g/mol. The van der Waals surface area contributed by atoms with Crippen molar-refractivity contribution in [3.05, 3.63) is 64.7 Å². The van der Waals surface area contributed by atoms with Crippen molar-refractivity contribution >= 4 is 23.7 Å². The highest BCUT2D eigenvalue weighted by Gasteiger charge is 2.04. The lowest BCUT2D eigenvalue weighted by molar-refractivity contribution is -0.123. The Morgan fingerprint density at radius 1 is 1.22 bits per heavy atom. The van der Waals surface area contributed by atoms with Crippen molar-refractivity contribution in [1.82, 2.24) is 5.43 Å². The SMILES string of the molecule is CC(C)c1ccc(/C=N\NC(=O)COc2ccccc2Cl)cc1. The van der Waals surface area contributed by atoms with Crippen molar-refractivity contribution < 1.29 is 9.53 Å². The molecule has 2 aromatic carbocycles. The number of amides is 1. The third kappa shape index (κ3) is 5.42. The number of carbonyl (C=O) groups excluding carboxylic acids is 1. The molecule has 0 aliphatic rings. The van der Waals surface area contributed by atoms with E-state index in [1.165, 1.54) is 5.56 Å². The lowest BCUT2D eigenvalue weighted by Crippen LogP contribution is -2.24. The largest absolute Gasteiger partial charge is 0.482 e. The van der Waals surface area contributed by atoms with E-state index in [-0.39, 0.29) is 12.5 Å². The van der Waals surface area contributed by atoms with Gasteiger partial charge in [-0.05, 0) is 29.2 Å². The smallest absolute Gasteiger partial charge is 0.277 e. The zero-order chi connectivity index (χ0) is 16.7. The van der Waals surface area contributed by atoms with Crippen LogP contribution >= 0.6 is 11.6 Å². The van der Waals surface area contributed by atoms with E-state index in [1.54, 1.807) is 30.5 Å². The number of hydrogen-bond acceptors (Lipinski definition) is 3. The molecule has 0 fully saturated rings. The molecule has 0 heterocycles. The summed E-state index contributed by atoms with van der Waals surface area (Å²) in [6.45, 7) is 4.14. The van der Waals surface area contributed by atoms with Gasteiger partial charge in [0.2, 0.25) is 0 Å². The summed E-state index contributed by atoms with van der Waals surface area (Å²) in [5.74, 6) is 0.611. The van der Waals surface area contributed by atoms with Gasteiger partial charge >= 0.3 is 0 Å². The van der Waals surface area contributed by atoms with E-state index in [1.807, 2.05) is 24.3 Å². The number of halogens is 1.